The zero-order chi connectivity index (χ0) is 14.1. The molecule has 2 nitrogen and oxygen atoms in total. The van der Waals surface area contributed by atoms with Crippen molar-refractivity contribution in [1.29, 1.82) is 0 Å². The van der Waals surface area contributed by atoms with Crippen LogP contribution >= 0.6 is 11.6 Å². The summed E-state index contributed by atoms with van der Waals surface area (Å²) < 4.78 is 0. The molecule has 0 bridgehead atoms. The molecule has 1 unspecified atom stereocenters. The minimum absolute atomic E-state index is 0.518. The first-order valence-corrected chi connectivity index (χ1v) is 7.92. The van der Waals surface area contributed by atoms with Crippen molar-refractivity contribution in [2.45, 2.75) is 58.9 Å². The van der Waals surface area contributed by atoms with Gasteiger partial charge in [-0.3, -0.25) is 4.98 Å². The predicted molar refractivity (Wildman–Crippen MR) is 83.7 cm³/mol. The third kappa shape index (κ3) is 5.50. The zero-order valence-corrected chi connectivity index (χ0v) is 13.2. The molecule has 0 saturated heterocycles. The summed E-state index contributed by atoms with van der Waals surface area (Å²) in [6.07, 6.45) is 9.64. The molecule has 19 heavy (non-hydrogen) atoms. The van der Waals surface area contributed by atoms with Crippen molar-refractivity contribution in [3.05, 3.63) is 29.0 Å². The van der Waals surface area contributed by atoms with Gasteiger partial charge in [0.25, 0.3) is 0 Å². The monoisotopic (exact) mass is 282 g/mol. The van der Waals surface area contributed by atoms with E-state index in [1.807, 2.05) is 12.3 Å². The van der Waals surface area contributed by atoms with Crippen LogP contribution in [-0.2, 0) is 6.42 Å². The number of hydrogen-bond acceptors (Lipinski definition) is 2. The average molecular weight is 283 g/mol. The smallest absolute Gasteiger partial charge is 0.0621 e. The molecule has 1 N–H and O–H groups in total. The Morgan fingerprint density at radius 1 is 1.21 bits per heavy atom. The van der Waals surface area contributed by atoms with Crippen molar-refractivity contribution in [1.82, 2.24) is 10.3 Å². The molecule has 0 saturated carbocycles. The number of aromatic nitrogens is 1. The number of likely N-dealkylation sites (N-methyl/N-ethyl adjacent to an activating group) is 1. The minimum atomic E-state index is 0.518. The van der Waals surface area contributed by atoms with Gasteiger partial charge < -0.3 is 5.32 Å². The minimum Gasteiger partial charge on any atom is -0.314 e. The molecule has 1 aromatic rings. The van der Waals surface area contributed by atoms with Crippen LogP contribution < -0.4 is 5.32 Å². The van der Waals surface area contributed by atoms with Gasteiger partial charge in [0.05, 0.1) is 5.02 Å². The average Bonchev–Trinajstić information content (AvgIpc) is 2.40. The molecule has 1 atom stereocenters. The molecule has 0 aliphatic rings. The van der Waals surface area contributed by atoms with Crippen LogP contribution in [0.15, 0.2) is 18.5 Å². The van der Waals surface area contributed by atoms with Crippen molar-refractivity contribution >= 4 is 11.6 Å². The quantitative estimate of drug-likeness (QED) is 0.723. The maximum atomic E-state index is 6.24. The van der Waals surface area contributed by atoms with Gasteiger partial charge in [0.1, 0.15) is 0 Å². The van der Waals surface area contributed by atoms with Crippen LogP contribution in [0.1, 0.15) is 52.0 Å². The summed E-state index contributed by atoms with van der Waals surface area (Å²) in [4.78, 5) is 4.06. The van der Waals surface area contributed by atoms with Crippen molar-refractivity contribution in [2.24, 2.45) is 5.92 Å². The summed E-state index contributed by atoms with van der Waals surface area (Å²) in [5, 5.41) is 4.44. The van der Waals surface area contributed by atoms with Gasteiger partial charge in [-0.2, -0.15) is 0 Å². The molecule has 0 amide bonds. The number of halogens is 1. The first-order chi connectivity index (χ1) is 9.22. The highest BCUT2D eigenvalue weighted by Crippen LogP contribution is 2.23. The van der Waals surface area contributed by atoms with E-state index in [4.69, 9.17) is 11.6 Å². The fourth-order valence-electron chi connectivity index (χ4n) is 2.76. The summed E-state index contributed by atoms with van der Waals surface area (Å²) in [6.45, 7) is 7.73. The molecule has 1 aromatic heterocycles. The lowest BCUT2D eigenvalue weighted by Gasteiger charge is -2.28. The van der Waals surface area contributed by atoms with Crippen molar-refractivity contribution < 1.29 is 0 Å². The summed E-state index contributed by atoms with van der Waals surface area (Å²) >= 11 is 6.24. The normalized spacial score (nSPS) is 12.9. The largest absolute Gasteiger partial charge is 0.314 e. The second-order valence-electron chi connectivity index (χ2n) is 5.17. The van der Waals surface area contributed by atoms with Gasteiger partial charge in [-0.25, -0.2) is 0 Å². The highest BCUT2D eigenvalue weighted by molar-refractivity contribution is 6.31. The summed E-state index contributed by atoms with van der Waals surface area (Å²) in [5.41, 5.74) is 1.21. The van der Waals surface area contributed by atoms with Gasteiger partial charge in [-0.05, 0) is 43.4 Å². The lowest BCUT2D eigenvalue weighted by Crippen LogP contribution is -2.38. The maximum Gasteiger partial charge on any atom is 0.0621 e. The Labute approximate surface area is 123 Å². The lowest BCUT2D eigenvalue weighted by molar-refractivity contribution is 0.312. The number of nitrogens with zero attached hydrogens (tertiary/aromatic N) is 1. The Morgan fingerprint density at radius 3 is 2.42 bits per heavy atom. The Kier molecular flexibility index (Phi) is 8.08. The molecule has 3 heteroatoms. The molecule has 0 aromatic carbocycles. The van der Waals surface area contributed by atoms with E-state index in [1.54, 1.807) is 6.20 Å². The Hall–Kier alpha value is -0.600. The van der Waals surface area contributed by atoms with Crippen molar-refractivity contribution in [2.75, 3.05) is 6.54 Å². The van der Waals surface area contributed by atoms with E-state index < -0.39 is 0 Å². The van der Waals surface area contributed by atoms with Crippen LogP contribution in [0.4, 0.5) is 0 Å². The third-order valence-electron chi connectivity index (χ3n) is 3.65. The number of pyridine rings is 1. The molecule has 0 spiro atoms. The Morgan fingerprint density at radius 2 is 1.89 bits per heavy atom. The maximum absolute atomic E-state index is 6.24. The van der Waals surface area contributed by atoms with Crippen LogP contribution in [0.25, 0.3) is 0 Å². The number of nitrogens with one attached hydrogen (secondary N) is 1. The number of hydrogen-bond donors (Lipinski definition) is 1. The van der Waals surface area contributed by atoms with Crippen LogP contribution in [0.3, 0.4) is 0 Å². The molecule has 108 valence electrons. The van der Waals surface area contributed by atoms with Gasteiger partial charge in [0.2, 0.25) is 0 Å². The molecular weight excluding hydrogens is 256 g/mol. The van der Waals surface area contributed by atoms with E-state index >= 15 is 0 Å². The van der Waals surface area contributed by atoms with Gasteiger partial charge in [-0.1, -0.05) is 45.2 Å². The second kappa shape index (κ2) is 9.33. The molecular formula is C16H27ClN2. The van der Waals surface area contributed by atoms with Gasteiger partial charge >= 0.3 is 0 Å². The number of rotatable bonds is 9. The van der Waals surface area contributed by atoms with Gasteiger partial charge in [0.15, 0.2) is 0 Å². The zero-order valence-electron chi connectivity index (χ0n) is 12.5. The molecule has 1 rings (SSSR count). The molecule has 0 aliphatic heterocycles. The van der Waals surface area contributed by atoms with Crippen molar-refractivity contribution in [3.63, 3.8) is 0 Å². The molecule has 0 aliphatic carbocycles. The Bertz CT molecular complexity index is 348. The summed E-state index contributed by atoms with van der Waals surface area (Å²) in [7, 11) is 0. The first kappa shape index (κ1) is 16.5. The molecule has 0 fully saturated rings. The van der Waals surface area contributed by atoms with E-state index in [1.165, 1.54) is 31.2 Å². The van der Waals surface area contributed by atoms with E-state index in [0.29, 0.717) is 6.04 Å². The summed E-state index contributed by atoms with van der Waals surface area (Å²) in [5.74, 6) is 0.735. The van der Waals surface area contributed by atoms with Crippen LogP contribution in [0.5, 0.6) is 0 Å². The first-order valence-electron chi connectivity index (χ1n) is 7.54. The van der Waals surface area contributed by atoms with Crippen LogP contribution in [-0.4, -0.2) is 17.6 Å². The highest BCUT2D eigenvalue weighted by Gasteiger charge is 2.20. The molecule has 1 heterocycles. The van der Waals surface area contributed by atoms with Crippen molar-refractivity contribution in [3.8, 4) is 0 Å². The second-order valence-corrected chi connectivity index (χ2v) is 5.58. The van der Waals surface area contributed by atoms with Crippen LogP contribution in [0, 0.1) is 5.92 Å². The topological polar surface area (TPSA) is 24.9 Å². The summed E-state index contributed by atoms with van der Waals surface area (Å²) in [6, 6.07) is 2.56. The van der Waals surface area contributed by atoms with Gasteiger partial charge in [0, 0.05) is 18.4 Å². The predicted octanol–water partition coefficient (Wildman–Crippen LogP) is 4.47. The fourth-order valence-corrected chi connectivity index (χ4v) is 2.96. The van der Waals surface area contributed by atoms with E-state index in [0.717, 1.165) is 23.9 Å². The lowest BCUT2D eigenvalue weighted by atomic mass is 9.87. The Balaban J connectivity index is 2.77. The van der Waals surface area contributed by atoms with E-state index in [-0.39, 0.29) is 0 Å². The van der Waals surface area contributed by atoms with E-state index in [2.05, 4.69) is 31.1 Å². The fraction of sp³-hybridized carbons (Fsp3) is 0.688. The van der Waals surface area contributed by atoms with Gasteiger partial charge in [-0.15, -0.1) is 0 Å². The highest BCUT2D eigenvalue weighted by atomic mass is 35.5. The standard InChI is InChI=1S/C16H27ClN2/c1-4-7-13(8-5-2)16(19-6-3)11-14-9-10-18-12-15(14)17/h9-10,12-13,16,19H,4-8,11H2,1-3H3. The SMILES string of the molecule is CCCC(CCC)C(Cc1ccncc1Cl)NCC. The van der Waals surface area contributed by atoms with E-state index in [9.17, 15) is 0 Å². The molecule has 0 radical (unpaired) electrons. The third-order valence-corrected chi connectivity index (χ3v) is 3.99. The van der Waals surface area contributed by atoms with Crippen LogP contribution in [0.2, 0.25) is 5.02 Å².